The number of benzene rings is 1. The fraction of sp³-hybridized carbons (Fsp3) is 0.450. The summed E-state index contributed by atoms with van der Waals surface area (Å²) in [5.41, 5.74) is 1.86. The molecule has 8 nitrogen and oxygen atoms in total. The number of hydrogen-bond acceptors (Lipinski definition) is 6. The lowest BCUT2D eigenvalue weighted by atomic mass is 10.1. The van der Waals surface area contributed by atoms with Crippen molar-refractivity contribution < 1.29 is 18.5 Å². The molecule has 0 aliphatic carbocycles. The van der Waals surface area contributed by atoms with E-state index in [4.69, 9.17) is 13.7 Å². The third kappa shape index (κ3) is 3.47. The molecule has 148 valence electrons. The summed E-state index contributed by atoms with van der Waals surface area (Å²) in [7, 11) is 0. The second-order valence-corrected chi connectivity index (χ2v) is 7.28. The van der Waals surface area contributed by atoms with Gasteiger partial charge < -0.3 is 23.9 Å². The highest BCUT2D eigenvalue weighted by Crippen LogP contribution is 2.30. The van der Waals surface area contributed by atoms with E-state index in [1.165, 1.54) is 0 Å². The maximum absolute atomic E-state index is 12.9. The molecule has 0 spiro atoms. The van der Waals surface area contributed by atoms with Crippen LogP contribution in [0.3, 0.4) is 0 Å². The van der Waals surface area contributed by atoms with Gasteiger partial charge >= 0.3 is 6.03 Å². The Morgan fingerprint density at radius 2 is 2.07 bits per heavy atom. The zero-order valence-corrected chi connectivity index (χ0v) is 16.4. The monoisotopic (exact) mass is 384 g/mol. The summed E-state index contributed by atoms with van der Waals surface area (Å²) in [5.74, 6) is 1.70. The number of amides is 2. The quantitative estimate of drug-likeness (QED) is 0.741. The van der Waals surface area contributed by atoms with Gasteiger partial charge in [0, 0.05) is 17.5 Å². The lowest BCUT2D eigenvalue weighted by Gasteiger charge is -2.35. The minimum Gasteiger partial charge on any atom is -0.459 e. The topological polar surface area (TPSA) is 93.6 Å². The summed E-state index contributed by atoms with van der Waals surface area (Å²) in [5, 5.41) is 7.90. The average Bonchev–Trinajstić information content (AvgIpc) is 3.25. The van der Waals surface area contributed by atoms with Crippen LogP contribution in [0.25, 0.3) is 11.0 Å². The molecule has 0 saturated carbocycles. The molecule has 3 atom stereocenters. The predicted octanol–water partition coefficient (Wildman–Crippen LogP) is 3.67. The number of para-hydroxylation sites is 1. The Kier molecular flexibility index (Phi) is 4.80. The van der Waals surface area contributed by atoms with Gasteiger partial charge in [0.1, 0.15) is 11.3 Å². The van der Waals surface area contributed by atoms with Crippen LogP contribution in [-0.2, 0) is 4.74 Å². The molecule has 1 fully saturated rings. The highest BCUT2D eigenvalue weighted by atomic mass is 16.5. The average molecular weight is 384 g/mol. The summed E-state index contributed by atoms with van der Waals surface area (Å²) < 4.78 is 17.1. The van der Waals surface area contributed by atoms with Crippen LogP contribution >= 0.6 is 0 Å². The highest BCUT2D eigenvalue weighted by molar-refractivity contribution is 5.82. The Balaban J connectivity index is 1.48. The van der Waals surface area contributed by atoms with E-state index in [1.807, 2.05) is 45.0 Å². The molecule has 1 aromatic carbocycles. The Hall–Kier alpha value is -2.87. The zero-order chi connectivity index (χ0) is 19.8. The second kappa shape index (κ2) is 7.27. The molecule has 4 rings (SSSR count). The lowest BCUT2D eigenvalue weighted by Crippen LogP contribution is -2.50. The maximum atomic E-state index is 12.9. The van der Waals surface area contributed by atoms with E-state index in [1.54, 1.807) is 11.8 Å². The largest absolute Gasteiger partial charge is 0.459 e. The van der Waals surface area contributed by atoms with E-state index in [9.17, 15) is 4.79 Å². The van der Waals surface area contributed by atoms with Crippen molar-refractivity contribution in [3.8, 4) is 0 Å². The third-order valence-electron chi connectivity index (χ3n) is 4.98. The van der Waals surface area contributed by atoms with Crippen molar-refractivity contribution in [2.24, 2.45) is 0 Å². The van der Waals surface area contributed by atoms with Gasteiger partial charge in [-0.05, 0) is 33.8 Å². The van der Waals surface area contributed by atoms with Gasteiger partial charge in [-0.25, -0.2) is 4.79 Å². The molecule has 8 heteroatoms. The summed E-state index contributed by atoms with van der Waals surface area (Å²) >= 11 is 0. The van der Waals surface area contributed by atoms with Crippen LogP contribution in [-0.4, -0.2) is 40.3 Å². The van der Waals surface area contributed by atoms with Crippen molar-refractivity contribution in [2.45, 2.75) is 45.9 Å². The van der Waals surface area contributed by atoms with Gasteiger partial charge in [-0.2, -0.15) is 4.98 Å². The summed E-state index contributed by atoms with van der Waals surface area (Å²) in [6.45, 7) is 8.44. The molecule has 0 unspecified atom stereocenters. The molecule has 0 bridgehead atoms. The van der Waals surface area contributed by atoms with Crippen molar-refractivity contribution >= 4 is 17.0 Å². The van der Waals surface area contributed by atoms with Crippen molar-refractivity contribution in [1.29, 1.82) is 0 Å². The number of urea groups is 1. The molecule has 1 N–H and O–H groups in total. The Morgan fingerprint density at radius 3 is 2.79 bits per heavy atom. The van der Waals surface area contributed by atoms with E-state index >= 15 is 0 Å². The van der Waals surface area contributed by atoms with E-state index in [0.717, 1.165) is 22.3 Å². The molecule has 3 heterocycles. The Morgan fingerprint density at radius 1 is 1.29 bits per heavy atom. The van der Waals surface area contributed by atoms with E-state index in [-0.39, 0.29) is 18.2 Å². The first-order chi connectivity index (χ1) is 13.4. The van der Waals surface area contributed by atoms with Crippen LogP contribution in [0.4, 0.5) is 4.79 Å². The van der Waals surface area contributed by atoms with Crippen LogP contribution in [0, 0.1) is 13.8 Å². The standard InChI is InChI=1S/C20H24N4O4/c1-11-9-24(10-17(26-11)19-22-14(4)23-28-19)20(25)21-13(3)18-12(2)15-7-5-6-8-16(15)27-18/h5-8,11,13,17H,9-10H2,1-4H3,(H,21,25)/t11-,13+,17-/m1/s1. The van der Waals surface area contributed by atoms with Gasteiger partial charge in [-0.15, -0.1) is 0 Å². The number of carbonyl (C=O) groups is 1. The van der Waals surface area contributed by atoms with Crippen LogP contribution in [0.15, 0.2) is 33.2 Å². The molecule has 2 amide bonds. The van der Waals surface area contributed by atoms with E-state index < -0.39 is 6.10 Å². The number of nitrogens with zero attached hydrogens (tertiary/aromatic N) is 3. The number of furan rings is 1. The van der Waals surface area contributed by atoms with Crippen molar-refractivity contribution in [2.75, 3.05) is 13.1 Å². The first-order valence-corrected chi connectivity index (χ1v) is 9.41. The van der Waals surface area contributed by atoms with Crippen LogP contribution in [0.2, 0.25) is 0 Å². The van der Waals surface area contributed by atoms with Gasteiger partial charge in [0.15, 0.2) is 11.9 Å². The fourth-order valence-corrected chi connectivity index (χ4v) is 3.65. The van der Waals surface area contributed by atoms with Crippen molar-refractivity contribution in [1.82, 2.24) is 20.4 Å². The van der Waals surface area contributed by atoms with Gasteiger partial charge in [0.05, 0.1) is 18.7 Å². The lowest BCUT2D eigenvalue weighted by molar-refractivity contribution is -0.0783. The number of aromatic nitrogens is 2. The normalized spacial score (nSPS) is 21.1. The maximum Gasteiger partial charge on any atom is 0.318 e. The SMILES string of the molecule is Cc1noc([C@H]2CN(C(=O)N[C@@H](C)c3oc4ccccc4c3C)C[C@@H](C)O2)n1. The number of rotatable bonds is 3. The number of nitrogens with one attached hydrogen (secondary N) is 1. The number of aryl methyl sites for hydroxylation is 2. The van der Waals surface area contributed by atoms with Gasteiger partial charge in [0.25, 0.3) is 5.89 Å². The third-order valence-corrected chi connectivity index (χ3v) is 4.98. The first-order valence-electron chi connectivity index (χ1n) is 9.41. The van der Waals surface area contributed by atoms with Gasteiger partial charge in [0.2, 0.25) is 0 Å². The number of carbonyl (C=O) groups excluding carboxylic acids is 1. The van der Waals surface area contributed by atoms with Crippen LogP contribution in [0.5, 0.6) is 0 Å². The van der Waals surface area contributed by atoms with E-state index in [0.29, 0.717) is 24.8 Å². The smallest absolute Gasteiger partial charge is 0.318 e. The number of fused-ring (bicyclic) bond motifs is 1. The molecule has 28 heavy (non-hydrogen) atoms. The Bertz CT molecular complexity index is 995. The van der Waals surface area contributed by atoms with Crippen LogP contribution < -0.4 is 5.32 Å². The molecule has 3 aromatic rings. The molecular weight excluding hydrogens is 360 g/mol. The molecular formula is C20H24N4O4. The molecule has 1 aliphatic rings. The summed E-state index contributed by atoms with van der Waals surface area (Å²) in [4.78, 5) is 18.8. The van der Waals surface area contributed by atoms with Crippen LogP contribution in [0.1, 0.15) is 49.0 Å². The molecule has 0 radical (unpaired) electrons. The first kappa shape index (κ1) is 18.5. The Labute approximate surface area is 162 Å². The zero-order valence-electron chi connectivity index (χ0n) is 16.4. The van der Waals surface area contributed by atoms with E-state index in [2.05, 4.69) is 15.5 Å². The molecule has 1 aliphatic heterocycles. The minimum absolute atomic E-state index is 0.139. The molecule has 2 aromatic heterocycles. The fourth-order valence-electron chi connectivity index (χ4n) is 3.65. The van der Waals surface area contributed by atoms with Gasteiger partial charge in [-0.3, -0.25) is 0 Å². The summed E-state index contributed by atoms with van der Waals surface area (Å²) in [6, 6.07) is 7.43. The van der Waals surface area contributed by atoms with Gasteiger partial charge in [-0.1, -0.05) is 23.4 Å². The van der Waals surface area contributed by atoms with Crippen molar-refractivity contribution in [3.05, 3.63) is 47.3 Å². The minimum atomic E-state index is -0.432. The molecule has 1 saturated heterocycles. The second-order valence-electron chi connectivity index (χ2n) is 7.28. The number of hydrogen-bond donors (Lipinski definition) is 1. The highest BCUT2D eigenvalue weighted by Gasteiger charge is 2.33. The van der Waals surface area contributed by atoms with Crippen molar-refractivity contribution in [3.63, 3.8) is 0 Å². The predicted molar refractivity (Wildman–Crippen MR) is 102 cm³/mol. The summed E-state index contributed by atoms with van der Waals surface area (Å²) in [6.07, 6.45) is -0.570. The number of morpholine rings is 1. The number of ether oxygens (including phenoxy) is 1.